The smallest absolute Gasteiger partial charge is 0.323 e. The maximum absolute atomic E-state index is 13.2. The molecule has 2 aromatic rings. The van der Waals surface area contributed by atoms with Crippen molar-refractivity contribution in [3.63, 3.8) is 0 Å². The Morgan fingerprint density at radius 1 is 0.912 bits per heavy atom. The Balaban J connectivity index is 1.73. The van der Waals surface area contributed by atoms with Crippen LogP contribution in [0, 0.1) is 0 Å². The molecule has 3 amide bonds. The average molecular weight is 466 g/mol. The second kappa shape index (κ2) is 13.0. The van der Waals surface area contributed by atoms with E-state index in [9.17, 15) is 9.59 Å². The highest BCUT2D eigenvalue weighted by molar-refractivity contribution is 6.04. The van der Waals surface area contributed by atoms with Gasteiger partial charge in [0.15, 0.2) is 0 Å². The van der Waals surface area contributed by atoms with Gasteiger partial charge in [-0.25, -0.2) is 4.79 Å². The van der Waals surface area contributed by atoms with E-state index in [1.54, 1.807) is 6.07 Å². The van der Waals surface area contributed by atoms with Crippen molar-refractivity contribution in [2.24, 2.45) is 0 Å². The molecule has 3 rings (SSSR count). The van der Waals surface area contributed by atoms with E-state index in [-0.39, 0.29) is 11.9 Å². The molecule has 0 saturated carbocycles. The first-order valence-electron chi connectivity index (χ1n) is 12.6. The van der Waals surface area contributed by atoms with Crippen LogP contribution in [0.3, 0.4) is 0 Å². The number of benzene rings is 2. The molecule has 2 aromatic carbocycles. The highest BCUT2D eigenvalue weighted by Crippen LogP contribution is 2.27. The molecule has 0 spiro atoms. The van der Waals surface area contributed by atoms with Crippen LogP contribution in [-0.4, -0.2) is 56.1 Å². The van der Waals surface area contributed by atoms with E-state index in [4.69, 9.17) is 0 Å². The van der Waals surface area contributed by atoms with Gasteiger partial charge in [-0.3, -0.25) is 4.79 Å². The number of hydrogen-bond donors (Lipinski definition) is 3. The van der Waals surface area contributed by atoms with Crippen LogP contribution in [0.5, 0.6) is 0 Å². The highest BCUT2D eigenvalue weighted by Gasteiger charge is 2.20. The quantitative estimate of drug-likeness (QED) is 0.464. The number of carbonyl (C=O) groups is 2. The van der Waals surface area contributed by atoms with Gasteiger partial charge in [0.05, 0.1) is 5.56 Å². The Labute approximate surface area is 203 Å². The van der Waals surface area contributed by atoms with Gasteiger partial charge in [0, 0.05) is 43.2 Å². The van der Waals surface area contributed by atoms with Crippen molar-refractivity contribution in [3.05, 3.63) is 53.6 Å². The molecular weight excluding hydrogens is 426 g/mol. The number of nitrogens with one attached hydrogen (secondary N) is 3. The van der Waals surface area contributed by atoms with E-state index in [2.05, 4.69) is 46.5 Å². The molecule has 7 heteroatoms. The van der Waals surface area contributed by atoms with Gasteiger partial charge in [0.2, 0.25) is 0 Å². The van der Waals surface area contributed by atoms with Gasteiger partial charge in [-0.05, 0) is 74.7 Å². The molecule has 0 bridgehead atoms. The minimum atomic E-state index is -0.327. The number of nitrogens with zero attached hydrogens (tertiary/aromatic N) is 2. The molecule has 1 fully saturated rings. The maximum Gasteiger partial charge on any atom is 0.323 e. The first-order valence-corrected chi connectivity index (χ1v) is 12.6. The fraction of sp³-hybridized carbons (Fsp3) is 0.481. The van der Waals surface area contributed by atoms with E-state index in [1.165, 1.54) is 6.42 Å². The summed E-state index contributed by atoms with van der Waals surface area (Å²) in [5.74, 6) is -0.104. The summed E-state index contributed by atoms with van der Waals surface area (Å²) in [6, 6.07) is 13.1. The van der Waals surface area contributed by atoms with Crippen molar-refractivity contribution < 1.29 is 9.59 Å². The zero-order chi connectivity index (χ0) is 24.3. The molecule has 184 valence electrons. The fourth-order valence-electron chi connectivity index (χ4n) is 4.33. The summed E-state index contributed by atoms with van der Waals surface area (Å²) in [7, 11) is 0. The first kappa shape index (κ1) is 25.6. The Morgan fingerprint density at radius 2 is 1.62 bits per heavy atom. The van der Waals surface area contributed by atoms with Gasteiger partial charge in [-0.15, -0.1) is 0 Å². The van der Waals surface area contributed by atoms with Crippen LogP contribution in [0.1, 0.15) is 56.0 Å². The molecule has 0 radical (unpaired) electrons. The Hall–Kier alpha value is -3.06. The predicted molar refractivity (Wildman–Crippen MR) is 141 cm³/mol. The average Bonchev–Trinajstić information content (AvgIpc) is 2.87. The lowest BCUT2D eigenvalue weighted by molar-refractivity contribution is 0.0949. The molecule has 3 N–H and O–H groups in total. The summed E-state index contributed by atoms with van der Waals surface area (Å²) in [6.45, 7) is 11.5. The third kappa shape index (κ3) is 7.22. The van der Waals surface area contributed by atoms with Crippen molar-refractivity contribution in [1.29, 1.82) is 0 Å². The van der Waals surface area contributed by atoms with Crippen molar-refractivity contribution in [2.75, 3.05) is 54.8 Å². The number of likely N-dealkylation sites (N-methyl/N-ethyl adjacent to an activating group) is 1. The zero-order valence-corrected chi connectivity index (χ0v) is 20.8. The second-order valence-corrected chi connectivity index (χ2v) is 8.70. The lowest BCUT2D eigenvalue weighted by Crippen LogP contribution is -2.36. The molecule has 1 aliphatic rings. The van der Waals surface area contributed by atoms with E-state index < -0.39 is 0 Å². The summed E-state index contributed by atoms with van der Waals surface area (Å²) in [6.07, 6.45) is 4.38. The number of hydrogen-bond acceptors (Lipinski definition) is 4. The van der Waals surface area contributed by atoms with Gasteiger partial charge in [0.25, 0.3) is 5.91 Å². The monoisotopic (exact) mass is 465 g/mol. The van der Waals surface area contributed by atoms with Gasteiger partial charge < -0.3 is 25.8 Å². The first-order chi connectivity index (χ1) is 16.5. The summed E-state index contributed by atoms with van der Waals surface area (Å²) in [5, 5.41) is 8.85. The third-order valence-electron chi connectivity index (χ3n) is 6.40. The Kier molecular flexibility index (Phi) is 9.76. The highest BCUT2D eigenvalue weighted by atomic mass is 16.2. The molecule has 0 atom stereocenters. The fourth-order valence-corrected chi connectivity index (χ4v) is 4.33. The number of rotatable bonds is 10. The number of aryl methyl sites for hydroxylation is 1. The van der Waals surface area contributed by atoms with Crippen molar-refractivity contribution in [3.8, 4) is 0 Å². The standard InChI is InChI=1S/C27H39N5O2/c1-4-21-11-10-12-22(19-21)29-27(34)30-23-13-14-25(32-16-8-7-9-17-32)24(20-23)26(33)28-15-18-31(5-2)6-3/h10-14,19-20H,4-9,15-18H2,1-3H3,(H,28,33)(H2,29,30,34). The Morgan fingerprint density at radius 3 is 2.29 bits per heavy atom. The van der Waals surface area contributed by atoms with E-state index >= 15 is 0 Å². The van der Waals surface area contributed by atoms with Crippen LogP contribution in [-0.2, 0) is 6.42 Å². The molecular formula is C27H39N5O2. The predicted octanol–water partition coefficient (Wildman–Crippen LogP) is 4.95. The molecule has 1 saturated heterocycles. The van der Waals surface area contributed by atoms with E-state index in [0.717, 1.165) is 68.9 Å². The van der Waals surface area contributed by atoms with Crippen molar-refractivity contribution in [2.45, 2.75) is 46.5 Å². The molecule has 1 aliphatic heterocycles. The van der Waals surface area contributed by atoms with Crippen molar-refractivity contribution >= 4 is 29.0 Å². The lowest BCUT2D eigenvalue weighted by atomic mass is 10.1. The van der Waals surface area contributed by atoms with Gasteiger partial charge in [0.1, 0.15) is 0 Å². The summed E-state index contributed by atoms with van der Waals surface area (Å²) >= 11 is 0. The molecule has 0 aliphatic carbocycles. The molecule has 34 heavy (non-hydrogen) atoms. The van der Waals surface area contributed by atoms with Crippen LogP contribution in [0.15, 0.2) is 42.5 Å². The minimum absolute atomic E-state index is 0.104. The van der Waals surface area contributed by atoms with Gasteiger partial charge in [-0.1, -0.05) is 32.9 Å². The van der Waals surface area contributed by atoms with Crippen LogP contribution >= 0.6 is 0 Å². The number of carbonyl (C=O) groups excluding carboxylic acids is 2. The van der Waals surface area contributed by atoms with Crippen LogP contribution in [0.4, 0.5) is 21.9 Å². The maximum atomic E-state index is 13.2. The summed E-state index contributed by atoms with van der Waals surface area (Å²) in [5.41, 5.74) is 4.04. The lowest BCUT2D eigenvalue weighted by Gasteiger charge is -2.30. The van der Waals surface area contributed by atoms with Crippen LogP contribution in [0.2, 0.25) is 0 Å². The summed E-state index contributed by atoms with van der Waals surface area (Å²) in [4.78, 5) is 30.4. The molecule has 7 nitrogen and oxygen atoms in total. The number of piperidine rings is 1. The second-order valence-electron chi connectivity index (χ2n) is 8.70. The van der Waals surface area contributed by atoms with Gasteiger partial charge in [-0.2, -0.15) is 0 Å². The molecule has 1 heterocycles. The van der Waals surface area contributed by atoms with Crippen molar-refractivity contribution in [1.82, 2.24) is 10.2 Å². The Bertz CT molecular complexity index is 952. The number of urea groups is 1. The van der Waals surface area contributed by atoms with Gasteiger partial charge >= 0.3 is 6.03 Å². The van der Waals surface area contributed by atoms with E-state index in [0.29, 0.717) is 17.8 Å². The topological polar surface area (TPSA) is 76.7 Å². The molecule has 0 aromatic heterocycles. The molecule has 0 unspecified atom stereocenters. The SMILES string of the molecule is CCc1cccc(NC(=O)Nc2ccc(N3CCCCC3)c(C(=O)NCCN(CC)CC)c2)c1. The largest absolute Gasteiger partial charge is 0.371 e. The number of amides is 3. The van der Waals surface area contributed by atoms with Crippen LogP contribution < -0.4 is 20.9 Å². The normalized spacial score (nSPS) is 13.6. The minimum Gasteiger partial charge on any atom is -0.371 e. The third-order valence-corrected chi connectivity index (χ3v) is 6.40. The zero-order valence-electron chi connectivity index (χ0n) is 20.8. The number of anilines is 3. The van der Waals surface area contributed by atoms with E-state index in [1.807, 2.05) is 36.4 Å². The van der Waals surface area contributed by atoms with Crippen LogP contribution in [0.25, 0.3) is 0 Å². The summed E-state index contributed by atoms with van der Waals surface area (Å²) < 4.78 is 0.